The molecule has 3 heterocycles. The maximum absolute atomic E-state index is 13.7. The van der Waals surface area contributed by atoms with Gasteiger partial charge in [0.1, 0.15) is 5.82 Å². The molecular formula is C20H18F4N4O3. The first-order valence-electron chi connectivity index (χ1n) is 9.53. The van der Waals surface area contributed by atoms with Crippen LogP contribution in [0.2, 0.25) is 0 Å². The van der Waals surface area contributed by atoms with Crippen molar-refractivity contribution < 1.29 is 32.6 Å². The van der Waals surface area contributed by atoms with Crippen LogP contribution in [0.1, 0.15) is 29.0 Å². The topological polar surface area (TPSA) is 91.0 Å². The molecule has 4 rings (SSSR count). The van der Waals surface area contributed by atoms with Crippen LogP contribution < -0.4 is 0 Å². The minimum Gasteiger partial charge on any atom is -0.390 e. The standard InChI is InChI=1S/C20H18F4N4O3/c21-12-5-3-11(4-6-12)13-8-17(20(22,23)24)28-18(25-13)9-14(26-28)19(31)27-7-1-2-15(29)16(30)10-27/h3-6,8-9,15-16,29-30H,1-2,7,10H2/t15-,16+/m0/s1. The van der Waals surface area contributed by atoms with E-state index in [2.05, 4.69) is 10.1 Å². The van der Waals surface area contributed by atoms with Gasteiger partial charge in [-0.3, -0.25) is 4.79 Å². The van der Waals surface area contributed by atoms with Gasteiger partial charge in [0.15, 0.2) is 17.0 Å². The number of likely N-dealkylation sites (tertiary alicyclic amines) is 1. The van der Waals surface area contributed by atoms with Crippen LogP contribution in [0.25, 0.3) is 16.9 Å². The highest BCUT2D eigenvalue weighted by molar-refractivity contribution is 5.93. The van der Waals surface area contributed by atoms with E-state index in [1.165, 1.54) is 17.0 Å². The van der Waals surface area contributed by atoms with Crippen molar-refractivity contribution in [2.24, 2.45) is 0 Å². The zero-order valence-corrected chi connectivity index (χ0v) is 16.1. The van der Waals surface area contributed by atoms with E-state index in [1.54, 1.807) is 0 Å². The lowest BCUT2D eigenvalue weighted by Gasteiger charge is -2.22. The number of aliphatic hydroxyl groups excluding tert-OH is 2. The molecule has 1 aliphatic heterocycles. The normalized spacial score (nSPS) is 20.1. The van der Waals surface area contributed by atoms with Gasteiger partial charge in [-0.05, 0) is 43.2 Å². The molecule has 1 saturated heterocycles. The second-order valence-corrected chi connectivity index (χ2v) is 7.36. The van der Waals surface area contributed by atoms with Gasteiger partial charge < -0.3 is 15.1 Å². The Balaban J connectivity index is 1.77. The molecule has 7 nitrogen and oxygen atoms in total. The zero-order chi connectivity index (χ0) is 22.3. The van der Waals surface area contributed by atoms with Crippen molar-refractivity contribution in [3.63, 3.8) is 0 Å². The first-order valence-corrected chi connectivity index (χ1v) is 9.53. The maximum atomic E-state index is 13.7. The molecule has 0 aliphatic carbocycles. The summed E-state index contributed by atoms with van der Waals surface area (Å²) in [6.45, 7) is 0.0649. The zero-order valence-electron chi connectivity index (χ0n) is 16.1. The van der Waals surface area contributed by atoms with E-state index in [-0.39, 0.29) is 35.7 Å². The number of carbonyl (C=O) groups is 1. The summed E-state index contributed by atoms with van der Waals surface area (Å²) in [7, 11) is 0. The molecule has 0 radical (unpaired) electrons. The lowest BCUT2D eigenvalue weighted by molar-refractivity contribution is -0.142. The van der Waals surface area contributed by atoms with E-state index < -0.39 is 35.8 Å². The highest BCUT2D eigenvalue weighted by Crippen LogP contribution is 2.32. The summed E-state index contributed by atoms with van der Waals surface area (Å²) in [5.74, 6) is -1.21. The summed E-state index contributed by atoms with van der Waals surface area (Å²) < 4.78 is 54.8. The molecule has 1 fully saturated rings. The van der Waals surface area contributed by atoms with Gasteiger partial charge in [-0.2, -0.15) is 18.3 Å². The Morgan fingerprint density at radius 1 is 1.10 bits per heavy atom. The number of hydrogen-bond donors (Lipinski definition) is 2. The second kappa shape index (κ2) is 7.89. The minimum absolute atomic E-state index is 0.0490. The fraction of sp³-hybridized carbons (Fsp3) is 0.350. The van der Waals surface area contributed by atoms with Crippen LogP contribution >= 0.6 is 0 Å². The summed E-state index contributed by atoms with van der Waals surface area (Å²) in [6, 6.07) is 6.75. The van der Waals surface area contributed by atoms with Crippen molar-refractivity contribution >= 4 is 11.6 Å². The Bertz CT molecular complexity index is 1110. The number of benzene rings is 1. The van der Waals surface area contributed by atoms with E-state index in [0.29, 0.717) is 17.4 Å². The highest BCUT2D eigenvalue weighted by Gasteiger charge is 2.36. The molecule has 31 heavy (non-hydrogen) atoms. The SMILES string of the molecule is O=C(c1cc2nc(-c3ccc(F)cc3)cc(C(F)(F)F)n2n1)N1CCC[C@H](O)[C@H](O)C1. The summed E-state index contributed by atoms with van der Waals surface area (Å²) >= 11 is 0. The van der Waals surface area contributed by atoms with Crippen LogP contribution in [-0.4, -0.2) is 60.9 Å². The van der Waals surface area contributed by atoms with Crippen molar-refractivity contribution in [1.82, 2.24) is 19.5 Å². The molecule has 0 spiro atoms. The predicted octanol–water partition coefficient (Wildman–Crippen LogP) is 2.51. The fourth-order valence-electron chi connectivity index (χ4n) is 3.52. The molecular weight excluding hydrogens is 420 g/mol. The van der Waals surface area contributed by atoms with Crippen molar-refractivity contribution in [2.75, 3.05) is 13.1 Å². The summed E-state index contributed by atoms with van der Waals surface area (Å²) in [4.78, 5) is 18.2. The second-order valence-electron chi connectivity index (χ2n) is 7.36. The summed E-state index contributed by atoms with van der Waals surface area (Å²) in [5, 5.41) is 23.5. The minimum atomic E-state index is -4.79. The van der Waals surface area contributed by atoms with E-state index >= 15 is 0 Å². The number of rotatable bonds is 2. The molecule has 0 bridgehead atoms. The molecule has 164 valence electrons. The van der Waals surface area contributed by atoms with Gasteiger partial charge in [0.05, 0.1) is 17.9 Å². The Morgan fingerprint density at radius 3 is 2.48 bits per heavy atom. The molecule has 2 N–H and O–H groups in total. The molecule has 2 aromatic heterocycles. The third-order valence-electron chi connectivity index (χ3n) is 5.14. The van der Waals surface area contributed by atoms with Gasteiger partial charge in [-0.15, -0.1) is 0 Å². The number of carbonyl (C=O) groups excluding carboxylic acids is 1. The van der Waals surface area contributed by atoms with Gasteiger partial charge in [0.25, 0.3) is 5.91 Å². The molecule has 3 aromatic rings. The number of aliphatic hydroxyl groups is 2. The van der Waals surface area contributed by atoms with Gasteiger partial charge in [-0.25, -0.2) is 13.9 Å². The predicted molar refractivity (Wildman–Crippen MR) is 101 cm³/mol. The number of hydrogen-bond acceptors (Lipinski definition) is 5. The molecule has 2 atom stereocenters. The van der Waals surface area contributed by atoms with E-state index in [0.717, 1.165) is 24.3 Å². The fourth-order valence-corrected chi connectivity index (χ4v) is 3.52. The van der Waals surface area contributed by atoms with E-state index in [9.17, 15) is 32.6 Å². The van der Waals surface area contributed by atoms with Crippen molar-refractivity contribution in [3.8, 4) is 11.3 Å². The van der Waals surface area contributed by atoms with Crippen molar-refractivity contribution in [2.45, 2.75) is 31.2 Å². The van der Waals surface area contributed by atoms with E-state index in [1.807, 2.05) is 0 Å². The third-order valence-corrected chi connectivity index (χ3v) is 5.14. The lowest BCUT2D eigenvalue weighted by atomic mass is 10.1. The van der Waals surface area contributed by atoms with Crippen LogP contribution in [0.4, 0.5) is 17.6 Å². The van der Waals surface area contributed by atoms with Crippen LogP contribution in [0.3, 0.4) is 0 Å². The van der Waals surface area contributed by atoms with Crippen LogP contribution in [0, 0.1) is 5.82 Å². The third kappa shape index (κ3) is 4.23. The number of aromatic nitrogens is 3. The summed E-state index contributed by atoms with van der Waals surface area (Å²) in [6.07, 6.45) is -6.19. The molecule has 1 aliphatic rings. The molecule has 11 heteroatoms. The number of β-amino-alcohol motifs (C(OH)–C–C–N with tert-alkyl or cyclic N) is 1. The van der Waals surface area contributed by atoms with Crippen LogP contribution in [0.15, 0.2) is 36.4 Å². The van der Waals surface area contributed by atoms with Crippen LogP contribution in [-0.2, 0) is 6.18 Å². The largest absolute Gasteiger partial charge is 0.433 e. The van der Waals surface area contributed by atoms with E-state index in [4.69, 9.17) is 0 Å². The number of nitrogens with zero attached hydrogens (tertiary/aromatic N) is 4. The average Bonchev–Trinajstić information content (AvgIpc) is 3.07. The molecule has 0 saturated carbocycles. The first kappa shape index (κ1) is 21.2. The van der Waals surface area contributed by atoms with Crippen molar-refractivity contribution in [3.05, 3.63) is 53.6 Å². The number of alkyl halides is 3. The Hall–Kier alpha value is -3.05. The quantitative estimate of drug-likeness (QED) is 0.600. The first-order chi connectivity index (χ1) is 14.6. The van der Waals surface area contributed by atoms with Gasteiger partial charge in [0.2, 0.25) is 0 Å². The number of fused-ring (bicyclic) bond motifs is 1. The highest BCUT2D eigenvalue weighted by atomic mass is 19.4. The van der Waals surface area contributed by atoms with Gasteiger partial charge in [0, 0.05) is 24.7 Å². The van der Waals surface area contributed by atoms with Gasteiger partial charge >= 0.3 is 6.18 Å². The van der Waals surface area contributed by atoms with Crippen LogP contribution in [0.5, 0.6) is 0 Å². The van der Waals surface area contributed by atoms with Gasteiger partial charge in [-0.1, -0.05) is 0 Å². The monoisotopic (exact) mass is 438 g/mol. The lowest BCUT2D eigenvalue weighted by Crippen LogP contribution is -2.39. The Morgan fingerprint density at radius 2 is 1.81 bits per heavy atom. The summed E-state index contributed by atoms with van der Waals surface area (Å²) in [5.41, 5.74) is -1.38. The average molecular weight is 438 g/mol. The molecule has 1 aromatic carbocycles. The molecule has 0 unspecified atom stereocenters. The molecule has 1 amide bonds. The maximum Gasteiger partial charge on any atom is 0.433 e. The number of halogens is 4. The number of amides is 1. The Labute approximate surface area is 173 Å². The smallest absolute Gasteiger partial charge is 0.390 e. The van der Waals surface area contributed by atoms with Crippen molar-refractivity contribution in [1.29, 1.82) is 0 Å². The Kier molecular flexibility index (Phi) is 5.40.